The van der Waals surface area contributed by atoms with Gasteiger partial charge in [0.1, 0.15) is 0 Å². The van der Waals surface area contributed by atoms with Crippen LogP contribution in [0.4, 0.5) is 13.2 Å². The summed E-state index contributed by atoms with van der Waals surface area (Å²) in [6, 6.07) is 0. The molecule has 0 radical (unpaired) electrons. The maximum absolute atomic E-state index is 12.0. The van der Waals surface area contributed by atoms with Crippen molar-refractivity contribution in [2.45, 2.75) is 25.4 Å². The van der Waals surface area contributed by atoms with Gasteiger partial charge < -0.3 is 5.11 Å². The summed E-state index contributed by atoms with van der Waals surface area (Å²) < 4.78 is 36.0. The monoisotopic (exact) mass is 168 g/mol. The number of aliphatic hydroxyl groups is 1. The summed E-state index contributed by atoms with van der Waals surface area (Å²) in [5.41, 5.74) is 0. The van der Waals surface area contributed by atoms with Crippen molar-refractivity contribution in [2.24, 2.45) is 11.8 Å². The molecule has 1 fully saturated rings. The molecular weight excluding hydrogens is 157 g/mol. The van der Waals surface area contributed by atoms with Crippen LogP contribution in [0.15, 0.2) is 0 Å². The fourth-order valence-electron chi connectivity index (χ4n) is 1.54. The average molecular weight is 168 g/mol. The van der Waals surface area contributed by atoms with Gasteiger partial charge in [-0.05, 0) is 25.2 Å². The molecule has 0 aliphatic heterocycles. The quantitative estimate of drug-likeness (QED) is 0.634. The second-order valence-corrected chi connectivity index (χ2v) is 3.10. The van der Waals surface area contributed by atoms with Gasteiger partial charge in [-0.15, -0.1) is 0 Å². The maximum atomic E-state index is 12.0. The maximum Gasteiger partial charge on any atom is 0.391 e. The third-order valence-electron chi connectivity index (χ3n) is 2.26. The minimum atomic E-state index is -4.05. The molecular formula is C7H11F3O. The highest BCUT2D eigenvalue weighted by Crippen LogP contribution is 2.41. The number of hydrogen-bond donors (Lipinski definition) is 1. The highest BCUT2D eigenvalue weighted by Gasteiger charge is 2.43. The van der Waals surface area contributed by atoms with Crippen molar-refractivity contribution in [2.75, 3.05) is 6.61 Å². The Kier molecular flexibility index (Phi) is 2.42. The van der Waals surface area contributed by atoms with E-state index in [2.05, 4.69) is 0 Å². The summed E-state index contributed by atoms with van der Waals surface area (Å²) in [5.74, 6) is -1.29. The molecule has 2 atom stereocenters. The van der Waals surface area contributed by atoms with Crippen molar-refractivity contribution in [3.05, 3.63) is 0 Å². The van der Waals surface area contributed by atoms with Crippen LogP contribution in [0, 0.1) is 11.8 Å². The summed E-state index contributed by atoms with van der Waals surface area (Å²) in [5, 5.41) is 8.58. The Hall–Kier alpha value is -0.250. The van der Waals surface area contributed by atoms with Crippen LogP contribution >= 0.6 is 0 Å². The lowest BCUT2D eigenvalue weighted by atomic mass is 10.1. The molecule has 1 rings (SSSR count). The third kappa shape index (κ3) is 2.09. The largest absolute Gasteiger partial charge is 0.396 e. The van der Waals surface area contributed by atoms with Crippen molar-refractivity contribution >= 4 is 0 Å². The van der Waals surface area contributed by atoms with Crippen molar-refractivity contribution in [3.8, 4) is 0 Å². The van der Waals surface area contributed by atoms with Crippen molar-refractivity contribution in [3.63, 3.8) is 0 Å². The lowest BCUT2D eigenvalue weighted by Crippen LogP contribution is -2.20. The fraction of sp³-hybridized carbons (Fsp3) is 1.00. The first-order chi connectivity index (χ1) is 5.04. The van der Waals surface area contributed by atoms with E-state index >= 15 is 0 Å². The first-order valence-corrected chi connectivity index (χ1v) is 3.71. The van der Waals surface area contributed by atoms with E-state index in [-0.39, 0.29) is 25.4 Å². The van der Waals surface area contributed by atoms with E-state index in [4.69, 9.17) is 5.11 Å². The zero-order chi connectivity index (χ0) is 8.48. The number of hydrogen-bond acceptors (Lipinski definition) is 1. The van der Waals surface area contributed by atoms with E-state index in [1.807, 2.05) is 0 Å². The van der Waals surface area contributed by atoms with Gasteiger partial charge in [0, 0.05) is 6.61 Å². The standard InChI is InChI=1S/C7H11F3O/c8-7(9,10)6-2-1-5(3-6)4-11/h5-6,11H,1-4H2/t5-,6-/m1/s1. The predicted molar refractivity (Wildman–Crippen MR) is 34.0 cm³/mol. The highest BCUT2D eigenvalue weighted by atomic mass is 19.4. The number of alkyl halides is 3. The zero-order valence-corrected chi connectivity index (χ0v) is 6.06. The van der Waals surface area contributed by atoms with Gasteiger partial charge >= 0.3 is 6.18 Å². The fourth-order valence-corrected chi connectivity index (χ4v) is 1.54. The van der Waals surface area contributed by atoms with Crippen LogP contribution in [0.2, 0.25) is 0 Å². The van der Waals surface area contributed by atoms with Crippen LogP contribution in [0.5, 0.6) is 0 Å². The molecule has 0 saturated heterocycles. The number of halogens is 3. The average Bonchev–Trinajstić information content (AvgIpc) is 2.32. The Morgan fingerprint density at radius 3 is 2.18 bits per heavy atom. The molecule has 1 nitrogen and oxygen atoms in total. The Morgan fingerprint density at radius 2 is 1.91 bits per heavy atom. The first-order valence-electron chi connectivity index (χ1n) is 3.71. The molecule has 1 aliphatic carbocycles. The van der Waals surface area contributed by atoms with Gasteiger partial charge in [-0.3, -0.25) is 0 Å². The second kappa shape index (κ2) is 3.01. The molecule has 1 N–H and O–H groups in total. The number of rotatable bonds is 1. The zero-order valence-electron chi connectivity index (χ0n) is 6.06. The topological polar surface area (TPSA) is 20.2 Å². The van der Waals surface area contributed by atoms with Gasteiger partial charge in [-0.2, -0.15) is 13.2 Å². The van der Waals surface area contributed by atoms with E-state index in [1.165, 1.54) is 0 Å². The summed E-state index contributed by atoms with van der Waals surface area (Å²) in [6.07, 6.45) is -3.24. The number of aliphatic hydroxyl groups excluding tert-OH is 1. The van der Waals surface area contributed by atoms with Gasteiger partial charge in [0.25, 0.3) is 0 Å². The van der Waals surface area contributed by atoms with Gasteiger partial charge in [0.15, 0.2) is 0 Å². The molecule has 0 aromatic carbocycles. The SMILES string of the molecule is OC[C@@H]1CC[C@@H](C(F)(F)F)C1. The van der Waals surface area contributed by atoms with Gasteiger partial charge in [-0.25, -0.2) is 0 Å². The Balaban J connectivity index is 2.42. The molecule has 1 saturated carbocycles. The van der Waals surface area contributed by atoms with Crippen LogP contribution in [-0.2, 0) is 0 Å². The predicted octanol–water partition coefficient (Wildman–Crippen LogP) is 1.96. The lowest BCUT2D eigenvalue weighted by molar-refractivity contribution is -0.173. The smallest absolute Gasteiger partial charge is 0.391 e. The second-order valence-electron chi connectivity index (χ2n) is 3.10. The van der Waals surface area contributed by atoms with Crippen LogP contribution in [-0.4, -0.2) is 17.9 Å². The molecule has 66 valence electrons. The molecule has 4 heteroatoms. The van der Waals surface area contributed by atoms with Crippen LogP contribution in [0.1, 0.15) is 19.3 Å². The molecule has 0 aromatic heterocycles. The summed E-state index contributed by atoms with van der Waals surface area (Å²) in [7, 11) is 0. The van der Waals surface area contributed by atoms with Crippen molar-refractivity contribution in [1.82, 2.24) is 0 Å². The summed E-state index contributed by atoms with van der Waals surface area (Å²) >= 11 is 0. The summed E-state index contributed by atoms with van der Waals surface area (Å²) in [4.78, 5) is 0. The third-order valence-corrected chi connectivity index (χ3v) is 2.26. The minimum absolute atomic E-state index is 0.105. The molecule has 0 aromatic rings. The van der Waals surface area contributed by atoms with Gasteiger partial charge in [0.05, 0.1) is 5.92 Å². The molecule has 0 amide bonds. The Bertz CT molecular complexity index is 132. The van der Waals surface area contributed by atoms with Crippen molar-refractivity contribution in [1.29, 1.82) is 0 Å². The Morgan fingerprint density at radius 1 is 1.27 bits per heavy atom. The van der Waals surface area contributed by atoms with E-state index < -0.39 is 12.1 Å². The van der Waals surface area contributed by atoms with E-state index in [0.29, 0.717) is 6.42 Å². The molecule has 0 bridgehead atoms. The van der Waals surface area contributed by atoms with E-state index in [0.717, 1.165) is 0 Å². The van der Waals surface area contributed by atoms with E-state index in [9.17, 15) is 13.2 Å². The first kappa shape index (κ1) is 8.84. The summed E-state index contributed by atoms with van der Waals surface area (Å²) in [6.45, 7) is -0.105. The lowest BCUT2D eigenvalue weighted by Gasteiger charge is -2.13. The molecule has 1 aliphatic rings. The van der Waals surface area contributed by atoms with Crippen molar-refractivity contribution < 1.29 is 18.3 Å². The molecule has 0 unspecified atom stereocenters. The van der Waals surface area contributed by atoms with Crippen LogP contribution in [0.25, 0.3) is 0 Å². The minimum Gasteiger partial charge on any atom is -0.396 e. The normalized spacial score (nSPS) is 32.7. The molecule has 0 heterocycles. The van der Waals surface area contributed by atoms with Crippen LogP contribution in [0.3, 0.4) is 0 Å². The Labute approximate surface area is 63.2 Å². The van der Waals surface area contributed by atoms with Gasteiger partial charge in [-0.1, -0.05) is 0 Å². The van der Waals surface area contributed by atoms with Crippen LogP contribution < -0.4 is 0 Å². The molecule has 11 heavy (non-hydrogen) atoms. The molecule has 0 spiro atoms. The highest BCUT2D eigenvalue weighted by molar-refractivity contribution is 4.79. The van der Waals surface area contributed by atoms with E-state index in [1.54, 1.807) is 0 Å². The van der Waals surface area contributed by atoms with Gasteiger partial charge in [0.2, 0.25) is 0 Å².